The topological polar surface area (TPSA) is 38.8 Å². The number of amides is 1. The van der Waals surface area contributed by atoms with Crippen molar-refractivity contribution in [2.24, 2.45) is 0 Å². The Morgan fingerprint density at radius 2 is 1.92 bits per heavy atom. The summed E-state index contributed by atoms with van der Waals surface area (Å²) in [5, 5.41) is 0. The van der Waals surface area contributed by atoms with Crippen molar-refractivity contribution < 1.29 is 18.7 Å². The third-order valence-electron chi connectivity index (χ3n) is 3.94. The lowest BCUT2D eigenvalue weighted by Crippen LogP contribution is -2.46. The van der Waals surface area contributed by atoms with E-state index in [2.05, 4.69) is 0 Å². The van der Waals surface area contributed by atoms with Crippen LogP contribution in [0.25, 0.3) is 0 Å². The maximum Gasteiger partial charge on any atom is 0.260 e. The molecule has 126 valence electrons. The zero-order valence-electron chi connectivity index (χ0n) is 13.4. The van der Waals surface area contributed by atoms with Crippen LogP contribution in [0.5, 0.6) is 11.5 Å². The van der Waals surface area contributed by atoms with Gasteiger partial charge < -0.3 is 14.4 Å². The van der Waals surface area contributed by atoms with Crippen LogP contribution in [0.3, 0.4) is 0 Å². The van der Waals surface area contributed by atoms with Crippen LogP contribution >= 0.6 is 0 Å². The van der Waals surface area contributed by atoms with Crippen molar-refractivity contribution in [2.45, 2.75) is 18.9 Å². The number of ether oxygens (including phenoxy) is 2. The van der Waals surface area contributed by atoms with Gasteiger partial charge in [0.05, 0.1) is 6.54 Å². The van der Waals surface area contributed by atoms with E-state index in [0.29, 0.717) is 18.8 Å². The van der Waals surface area contributed by atoms with Crippen molar-refractivity contribution in [3.63, 3.8) is 0 Å². The summed E-state index contributed by atoms with van der Waals surface area (Å²) >= 11 is 0. The average molecular weight is 329 g/mol. The summed E-state index contributed by atoms with van der Waals surface area (Å²) in [6.45, 7) is 1.14. The molecule has 5 heteroatoms. The number of halogens is 1. The molecule has 0 spiro atoms. The van der Waals surface area contributed by atoms with E-state index in [0.717, 1.165) is 18.6 Å². The minimum atomic E-state index is -0.380. The van der Waals surface area contributed by atoms with Gasteiger partial charge in [-0.15, -0.1) is 0 Å². The van der Waals surface area contributed by atoms with Crippen LogP contribution in [-0.2, 0) is 4.79 Å². The molecule has 0 aromatic heterocycles. The van der Waals surface area contributed by atoms with Gasteiger partial charge in [-0.05, 0) is 37.1 Å². The van der Waals surface area contributed by atoms with Crippen LogP contribution < -0.4 is 9.47 Å². The monoisotopic (exact) mass is 329 g/mol. The molecule has 0 radical (unpaired) electrons. The molecule has 0 saturated carbocycles. The van der Waals surface area contributed by atoms with Crippen LogP contribution in [0.2, 0.25) is 0 Å². The van der Waals surface area contributed by atoms with Gasteiger partial charge in [0, 0.05) is 12.6 Å². The van der Waals surface area contributed by atoms with Crippen molar-refractivity contribution in [3.8, 4) is 11.5 Å². The van der Waals surface area contributed by atoms with Crippen LogP contribution in [-0.4, -0.2) is 36.6 Å². The zero-order valence-corrected chi connectivity index (χ0v) is 13.4. The standard InChI is InChI=1S/C19H20FNO3/c20-15-6-4-9-17(12-15)23-14-19(22)21-11-5-10-18(13-21)24-16-7-2-1-3-8-16/h1-4,6-9,12,18H,5,10-11,13-14H2. The Hall–Kier alpha value is -2.56. The van der Waals surface area contributed by atoms with Gasteiger partial charge in [-0.25, -0.2) is 4.39 Å². The third kappa shape index (κ3) is 4.47. The highest BCUT2D eigenvalue weighted by atomic mass is 19.1. The lowest BCUT2D eigenvalue weighted by atomic mass is 10.1. The minimum Gasteiger partial charge on any atom is -0.489 e. The number of para-hydroxylation sites is 1. The lowest BCUT2D eigenvalue weighted by Gasteiger charge is -2.32. The molecule has 3 rings (SSSR count). The normalized spacial score (nSPS) is 17.4. The zero-order chi connectivity index (χ0) is 16.8. The number of benzene rings is 2. The van der Waals surface area contributed by atoms with Gasteiger partial charge in [-0.3, -0.25) is 4.79 Å². The Morgan fingerprint density at radius 1 is 1.12 bits per heavy atom. The summed E-state index contributed by atoms with van der Waals surface area (Å²) < 4.78 is 24.4. The highest BCUT2D eigenvalue weighted by Crippen LogP contribution is 2.18. The maximum absolute atomic E-state index is 13.1. The van der Waals surface area contributed by atoms with Crippen LogP contribution in [0.1, 0.15) is 12.8 Å². The fourth-order valence-corrected chi connectivity index (χ4v) is 2.75. The molecule has 2 aromatic rings. The Kier molecular flexibility index (Phi) is 5.31. The second kappa shape index (κ2) is 7.81. The number of piperidine rings is 1. The minimum absolute atomic E-state index is 0.0146. The Bertz CT molecular complexity index is 677. The number of nitrogens with zero attached hydrogens (tertiary/aromatic N) is 1. The first-order valence-electron chi connectivity index (χ1n) is 8.08. The van der Waals surface area contributed by atoms with Crippen LogP contribution in [0.4, 0.5) is 4.39 Å². The van der Waals surface area contributed by atoms with E-state index in [4.69, 9.17) is 9.47 Å². The van der Waals surface area contributed by atoms with E-state index in [1.165, 1.54) is 12.1 Å². The van der Waals surface area contributed by atoms with E-state index in [9.17, 15) is 9.18 Å². The highest BCUT2D eigenvalue weighted by Gasteiger charge is 2.25. The Labute approximate surface area is 140 Å². The van der Waals surface area contributed by atoms with E-state index in [1.54, 1.807) is 17.0 Å². The number of hydrogen-bond acceptors (Lipinski definition) is 3. The fraction of sp³-hybridized carbons (Fsp3) is 0.316. The molecule has 0 N–H and O–H groups in total. The molecular formula is C19H20FNO3. The summed E-state index contributed by atoms with van der Waals surface area (Å²) in [6.07, 6.45) is 1.80. The Balaban J connectivity index is 1.51. The molecule has 1 fully saturated rings. The molecule has 1 saturated heterocycles. The molecule has 1 atom stereocenters. The number of likely N-dealkylation sites (tertiary alicyclic amines) is 1. The molecule has 1 aliphatic heterocycles. The predicted molar refractivity (Wildman–Crippen MR) is 88.6 cm³/mol. The smallest absolute Gasteiger partial charge is 0.260 e. The summed E-state index contributed by atoms with van der Waals surface area (Å²) in [5.74, 6) is 0.681. The van der Waals surface area contributed by atoms with Gasteiger partial charge in [0.25, 0.3) is 5.91 Å². The van der Waals surface area contributed by atoms with E-state index in [1.807, 2.05) is 30.3 Å². The van der Waals surface area contributed by atoms with Crippen molar-refractivity contribution in [1.29, 1.82) is 0 Å². The number of carbonyl (C=O) groups is 1. The number of rotatable bonds is 5. The first kappa shape index (κ1) is 16.3. The third-order valence-corrected chi connectivity index (χ3v) is 3.94. The summed E-state index contributed by atoms with van der Waals surface area (Å²) in [6, 6.07) is 15.4. The van der Waals surface area contributed by atoms with E-state index in [-0.39, 0.29) is 24.4 Å². The Morgan fingerprint density at radius 3 is 2.71 bits per heavy atom. The molecular weight excluding hydrogens is 309 g/mol. The van der Waals surface area contributed by atoms with Gasteiger partial charge in [0.15, 0.2) is 6.61 Å². The van der Waals surface area contributed by atoms with Crippen LogP contribution in [0, 0.1) is 5.82 Å². The summed E-state index contributed by atoms with van der Waals surface area (Å²) in [7, 11) is 0. The maximum atomic E-state index is 13.1. The molecule has 1 aliphatic rings. The molecule has 1 heterocycles. The van der Waals surface area contributed by atoms with Gasteiger partial charge in [0.1, 0.15) is 23.4 Å². The molecule has 0 aliphatic carbocycles. The largest absolute Gasteiger partial charge is 0.489 e. The molecule has 4 nitrogen and oxygen atoms in total. The van der Waals surface area contributed by atoms with Crippen molar-refractivity contribution in [2.75, 3.05) is 19.7 Å². The predicted octanol–water partition coefficient (Wildman–Crippen LogP) is 3.27. The molecule has 0 bridgehead atoms. The molecule has 1 unspecified atom stereocenters. The van der Waals surface area contributed by atoms with Gasteiger partial charge in [-0.1, -0.05) is 24.3 Å². The first-order chi connectivity index (χ1) is 11.7. The van der Waals surface area contributed by atoms with Crippen LogP contribution in [0.15, 0.2) is 54.6 Å². The highest BCUT2D eigenvalue weighted by molar-refractivity contribution is 5.77. The first-order valence-corrected chi connectivity index (χ1v) is 8.08. The van der Waals surface area contributed by atoms with Gasteiger partial charge in [0.2, 0.25) is 0 Å². The SMILES string of the molecule is O=C(COc1cccc(F)c1)N1CCCC(Oc2ccccc2)C1. The van der Waals surface area contributed by atoms with Crippen molar-refractivity contribution in [1.82, 2.24) is 4.90 Å². The lowest BCUT2D eigenvalue weighted by molar-refractivity contribution is -0.136. The number of carbonyl (C=O) groups excluding carboxylic acids is 1. The quantitative estimate of drug-likeness (QED) is 0.845. The number of hydrogen-bond donors (Lipinski definition) is 0. The second-order valence-electron chi connectivity index (χ2n) is 5.78. The fourth-order valence-electron chi connectivity index (χ4n) is 2.75. The van der Waals surface area contributed by atoms with Crippen molar-refractivity contribution >= 4 is 5.91 Å². The van der Waals surface area contributed by atoms with Gasteiger partial charge in [-0.2, -0.15) is 0 Å². The van der Waals surface area contributed by atoms with E-state index < -0.39 is 0 Å². The van der Waals surface area contributed by atoms with Crippen molar-refractivity contribution in [3.05, 3.63) is 60.4 Å². The summed E-state index contributed by atoms with van der Waals surface area (Å²) in [5.41, 5.74) is 0. The molecule has 24 heavy (non-hydrogen) atoms. The van der Waals surface area contributed by atoms with Gasteiger partial charge >= 0.3 is 0 Å². The average Bonchev–Trinajstić information content (AvgIpc) is 2.61. The molecule has 2 aromatic carbocycles. The molecule has 1 amide bonds. The van der Waals surface area contributed by atoms with E-state index >= 15 is 0 Å². The summed E-state index contributed by atoms with van der Waals surface area (Å²) in [4.78, 5) is 14.1. The second-order valence-corrected chi connectivity index (χ2v) is 5.78.